The van der Waals surface area contributed by atoms with Crippen LogP contribution in [0.4, 0.5) is 5.13 Å². The number of aromatic nitrogens is 3. The third-order valence-corrected chi connectivity index (χ3v) is 4.49. The van der Waals surface area contributed by atoms with Crippen molar-refractivity contribution in [2.75, 3.05) is 5.32 Å². The lowest BCUT2D eigenvalue weighted by molar-refractivity contribution is 0.102. The van der Waals surface area contributed by atoms with E-state index >= 15 is 0 Å². The van der Waals surface area contributed by atoms with Gasteiger partial charge in [-0.05, 0) is 11.5 Å². The van der Waals surface area contributed by atoms with Crippen molar-refractivity contribution in [1.82, 2.24) is 14.8 Å². The van der Waals surface area contributed by atoms with Crippen LogP contribution < -0.4 is 5.32 Å². The van der Waals surface area contributed by atoms with Crippen molar-refractivity contribution < 1.29 is 4.79 Å². The van der Waals surface area contributed by atoms with Crippen LogP contribution in [0.3, 0.4) is 0 Å². The lowest BCUT2D eigenvalue weighted by Crippen LogP contribution is -2.10. The van der Waals surface area contributed by atoms with Crippen molar-refractivity contribution in [1.29, 1.82) is 0 Å². The number of hydrogen-bond donors (Lipinski definition) is 1. The summed E-state index contributed by atoms with van der Waals surface area (Å²) >= 11 is 1.49. The summed E-state index contributed by atoms with van der Waals surface area (Å²) < 4.78 is 2.68. The summed E-state index contributed by atoms with van der Waals surface area (Å²) in [5.74, 6) is -0.198. The Morgan fingerprint density at radius 3 is 2.91 bits per heavy atom. The maximum Gasteiger partial charge on any atom is 0.260 e. The van der Waals surface area contributed by atoms with Crippen molar-refractivity contribution in [3.63, 3.8) is 0 Å². The number of aryl methyl sites for hydroxylation is 1. The van der Waals surface area contributed by atoms with Crippen LogP contribution in [-0.2, 0) is 7.05 Å². The van der Waals surface area contributed by atoms with Gasteiger partial charge in [0.1, 0.15) is 0 Å². The van der Waals surface area contributed by atoms with Crippen LogP contribution in [0, 0.1) is 0 Å². The molecule has 0 atom stereocenters. The van der Waals surface area contributed by atoms with Crippen molar-refractivity contribution in [3.8, 4) is 0 Å². The quantitative estimate of drug-likeness (QED) is 0.617. The van der Waals surface area contributed by atoms with Crippen LogP contribution in [-0.4, -0.2) is 20.7 Å². The maximum absolute atomic E-state index is 12.2. The highest BCUT2D eigenvalue weighted by atomic mass is 32.1. The number of carbonyl (C=O) groups is 1. The molecule has 0 fully saturated rings. The first kappa shape index (κ1) is 13.0. The number of nitrogens with one attached hydrogen (secondary N) is 1. The number of nitrogens with zero attached hydrogens (tertiary/aromatic N) is 3. The standard InChI is InChI=1S/C16H12N4OS/c1-20-9-11(8-17-20)15(21)19-16-18-13-7-6-10-4-2-3-5-12(10)14(13)22-16/h2-9H,1H3,(H,18,19,21). The molecule has 0 unspecified atom stereocenters. The molecule has 4 aromatic rings. The van der Waals surface area contributed by atoms with Gasteiger partial charge in [-0.15, -0.1) is 0 Å². The summed E-state index contributed by atoms with van der Waals surface area (Å²) in [7, 11) is 1.78. The van der Waals surface area contributed by atoms with E-state index in [2.05, 4.69) is 27.5 Å². The second-order valence-electron chi connectivity index (χ2n) is 5.01. The fourth-order valence-corrected chi connectivity index (χ4v) is 3.41. The van der Waals surface area contributed by atoms with Crippen molar-refractivity contribution in [2.45, 2.75) is 0 Å². The largest absolute Gasteiger partial charge is 0.298 e. The molecule has 1 amide bonds. The number of anilines is 1. The fourth-order valence-electron chi connectivity index (χ4n) is 2.42. The molecule has 1 N–H and O–H groups in total. The molecule has 22 heavy (non-hydrogen) atoms. The zero-order valence-electron chi connectivity index (χ0n) is 11.8. The van der Waals surface area contributed by atoms with E-state index in [-0.39, 0.29) is 5.91 Å². The number of benzene rings is 2. The van der Waals surface area contributed by atoms with Gasteiger partial charge in [-0.1, -0.05) is 41.7 Å². The van der Waals surface area contributed by atoms with Gasteiger partial charge in [0.05, 0.1) is 22.0 Å². The van der Waals surface area contributed by atoms with E-state index < -0.39 is 0 Å². The molecule has 0 saturated carbocycles. The van der Waals surface area contributed by atoms with E-state index in [1.807, 2.05) is 24.3 Å². The molecule has 0 saturated heterocycles. The molecule has 5 nitrogen and oxygen atoms in total. The summed E-state index contributed by atoms with van der Waals surface area (Å²) in [6, 6.07) is 12.2. The minimum Gasteiger partial charge on any atom is -0.298 e. The van der Waals surface area contributed by atoms with E-state index in [0.29, 0.717) is 10.7 Å². The Labute approximate surface area is 130 Å². The van der Waals surface area contributed by atoms with Gasteiger partial charge in [0.15, 0.2) is 5.13 Å². The SMILES string of the molecule is Cn1cc(C(=O)Nc2nc3ccc4ccccc4c3s2)cn1. The predicted molar refractivity (Wildman–Crippen MR) is 88.3 cm³/mol. The van der Waals surface area contributed by atoms with Gasteiger partial charge < -0.3 is 0 Å². The Balaban J connectivity index is 1.73. The average Bonchev–Trinajstić information content (AvgIpc) is 3.13. The molecule has 4 rings (SSSR count). The third-order valence-electron chi connectivity index (χ3n) is 3.47. The summed E-state index contributed by atoms with van der Waals surface area (Å²) in [5.41, 5.74) is 1.41. The summed E-state index contributed by atoms with van der Waals surface area (Å²) in [6.07, 6.45) is 3.22. The van der Waals surface area contributed by atoms with E-state index in [0.717, 1.165) is 15.6 Å². The van der Waals surface area contributed by atoms with Gasteiger partial charge in [-0.3, -0.25) is 14.8 Å². The Hall–Kier alpha value is -2.73. The van der Waals surface area contributed by atoms with Crippen LogP contribution in [0.2, 0.25) is 0 Å². The number of rotatable bonds is 2. The topological polar surface area (TPSA) is 59.8 Å². The molecule has 0 aliphatic carbocycles. The second-order valence-corrected chi connectivity index (χ2v) is 6.01. The van der Waals surface area contributed by atoms with Gasteiger partial charge >= 0.3 is 0 Å². The van der Waals surface area contributed by atoms with Crippen LogP contribution >= 0.6 is 11.3 Å². The number of hydrogen-bond acceptors (Lipinski definition) is 4. The Morgan fingerprint density at radius 1 is 1.23 bits per heavy atom. The van der Waals surface area contributed by atoms with Gasteiger partial charge in [0, 0.05) is 18.6 Å². The van der Waals surface area contributed by atoms with Gasteiger partial charge in [-0.2, -0.15) is 5.10 Å². The summed E-state index contributed by atoms with van der Waals surface area (Å²) in [6.45, 7) is 0. The Morgan fingerprint density at radius 2 is 2.09 bits per heavy atom. The highest BCUT2D eigenvalue weighted by Gasteiger charge is 2.12. The van der Waals surface area contributed by atoms with Crippen LogP contribution in [0.5, 0.6) is 0 Å². The Kier molecular flexibility index (Phi) is 2.90. The fraction of sp³-hybridized carbons (Fsp3) is 0.0625. The van der Waals surface area contributed by atoms with E-state index in [4.69, 9.17) is 0 Å². The Bertz CT molecular complexity index is 1000. The molecule has 0 bridgehead atoms. The third kappa shape index (κ3) is 2.14. The summed E-state index contributed by atoms with van der Waals surface area (Å²) in [5, 5.41) is 9.76. The maximum atomic E-state index is 12.2. The molecular weight excluding hydrogens is 296 g/mol. The zero-order chi connectivity index (χ0) is 15.1. The molecule has 6 heteroatoms. The molecular formula is C16H12N4OS. The average molecular weight is 308 g/mol. The number of carbonyl (C=O) groups excluding carboxylic acids is 1. The monoisotopic (exact) mass is 308 g/mol. The van der Waals surface area contributed by atoms with E-state index in [9.17, 15) is 4.79 Å². The zero-order valence-corrected chi connectivity index (χ0v) is 12.6. The minimum absolute atomic E-state index is 0.198. The predicted octanol–water partition coefficient (Wildman–Crippen LogP) is 3.44. The van der Waals surface area contributed by atoms with Gasteiger partial charge in [0.25, 0.3) is 5.91 Å². The molecule has 2 aromatic carbocycles. The van der Waals surface area contributed by atoms with Crippen molar-refractivity contribution in [3.05, 3.63) is 54.4 Å². The number of fused-ring (bicyclic) bond motifs is 3. The second kappa shape index (κ2) is 4.92. The summed E-state index contributed by atoms with van der Waals surface area (Å²) in [4.78, 5) is 16.7. The van der Waals surface area contributed by atoms with Crippen LogP contribution in [0.25, 0.3) is 21.0 Å². The first-order valence-corrected chi connectivity index (χ1v) is 7.61. The number of thiazole rings is 1. The van der Waals surface area contributed by atoms with Gasteiger partial charge in [-0.25, -0.2) is 4.98 Å². The highest BCUT2D eigenvalue weighted by molar-refractivity contribution is 7.23. The molecule has 2 aromatic heterocycles. The van der Waals surface area contributed by atoms with E-state index in [1.165, 1.54) is 22.9 Å². The first-order valence-electron chi connectivity index (χ1n) is 6.79. The van der Waals surface area contributed by atoms with Crippen LogP contribution in [0.1, 0.15) is 10.4 Å². The molecule has 2 heterocycles. The smallest absolute Gasteiger partial charge is 0.260 e. The van der Waals surface area contributed by atoms with Crippen molar-refractivity contribution >= 4 is 43.4 Å². The molecule has 0 aliphatic rings. The van der Waals surface area contributed by atoms with Crippen molar-refractivity contribution in [2.24, 2.45) is 7.05 Å². The highest BCUT2D eigenvalue weighted by Crippen LogP contribution is 2.32. The molecule has 0 spiro atoms. The normalized spacial score (nSPS) is 11.1. The molecule has 0 radical (unpaired) electrons. The minimum atomic E-state index is -0.198. The number of amides is 1. The van der Waals surface area contributed by atoms with Crippen LogP contribution in [0.15, 0.2) is 48.8 Å². The molecule has 0 aliphatic heterocycles. The van der Waals surface area contributed by atoms with Gasteiger partial charge in [0.2, 0.25) is 0 Å². The van der Waals surface area contributed by atoms with E-state index in [1.54, 1.807) is 17.9 Å². The lowest BCUT2D eigenvalue weighted by Gasteiger charge is -1.97. The first-order chi connectivity index (χ1) is 10.7. The molecule has 108 valence electrons. The lowest BCUT2D eigenvalue weighted by atomic mass is 10.1.